The second kappa shape index (κ2) is 18.1. The van der Waals surface area contributed by atoms with E-state index in [0.29, 0.717) is 0 Å². The van der Waals surface area contributed by atoms with Gasteiger partial charge in [-0.25, -0.2) is 12.6 Å². The molecule has 0 aliphatic carbocycles. The molecule has 0 amide bonds. The fourth-order valence-corrected chi connectivity index (χ4v) is 2.67. The van der Waals surface area contributed by atoms with Gasteiger partial charge in [0.2, 0.25) is 10.4 Å². The van der Waals surface area contributed by atoms with Gasteiger partial charge in [-0.2, -0.15) is 0 Å². The summed E-state index contributed by atoms with van der Waals surface area (Å²) in [6, 6.07) is 0. The van der Waals surface area contributed by atoms with Crippen LogP contribution in [0.5, 0.6) is 0 Å². The molecule has 0 rings (SSSR count). The van der Waals surface area contributed by atoms with Gasteiger partial charge in [-0.05, 0) is 0 Å². The van der Waals surface area contributed by atoms with Crippen molar-refractivity contribution in [3.63, 3.8) is 0 Å². The molecule has 1 unspecified atom stereocenters. The second-order valence-corrected chi connectivity index (χ2v) is 12.1. The van der Waals surface area contributed by atoms with Crippen LogP contribution in [0.25, 0.3) is 0 Å². The molecule has 0 heterocycles. The van der Waals surface area contributed by atoms with Crippen molar-refractivity contribution in [1.29, 1.82) is 0 Å². The zero-order valence-corrected chi connectivity index (χ0v) is 22.8. The molecule has 0 bridgehead atoms. The highest BCUT2D eigenvalue weighted by molar-refractivity contribution is 7.80. The highest BCUT2D eigenvalue weighted by atomic mass is 32.3. The van der Waals surface area contributed by atoms with Crippen molar-refractivity contribution < 1.29 is 61.6 Å². The normalized spacial score (nSPS) is 13.1. The molecule has 0 aromatic heterocycles. The van der Waals surface area contributed by atoms with Crippen LogP contribution in [0.1, 0.15) is 29.1 Å². The van der Waals surface area contributed by atoms with Crippen LogP contribution in [-0.4, -0.2) is 122 Å². The van der Waals surface area contributed by atoms with Crippen molar-refractivity contribution >= 4 is 21.8 Å². The summed E-state index contributed by atoms with van der Waals surface area (Å²) >= 11 is -2.88. The van der Waals surface area contributed by atoms with Crippen molar-refractivity contribution in [3.8, 4) is 0 Å². The van der Waals surface area contributed by atoms with Crippen LogP contribution in [0, 0.1) is 10.8 Å². The minimum Gasteiger partial charge on any atom is -0.750 e. The lowest BCUT2D eigenvalue weighted by Gasteiger charge is -2.32. The van der Waals surface area contributed by atoms with Gasteiger partial charge in [0.05, 0.1) is 87.1 Å². The zero-order chi connectivity index (χ0) is 26.3. The molecule has 0 spiro atoms. The monoisotopic (exact) mass is 520 g/mol. The maximum absolute atomic E-state index is 9.22. The molecular formula is C17H47N2O11S2-. The van der Waals surface area contributed by atoms with Gasteiger partial charge in [0, 0.05) is 12.3 Å². The van der Waals surface area contributed by atoms with Crippen LogP contribution < -0.4 is 5.26 Å². The van der Waals surface area contributed by atoms with Gasteiger partial charge in [-0.1, -0.05) is 27.7 Å². The molecule has 0 aliphatic rings. The van der Waals surface area contributed by atoms with E-state index in [-0.39, 0.29) is 30.9 Å². The third-order valence-corrected chi connectivity index (χ3v) is 3.44. The van der Waals surface area contributed by atoms with Gasteiger partial charge >= 0.3 is 0 Å². The second-order valence-electron chi connectivity index (χ2n) is 10.4. The third-order valence-electron chi connectivity index (χ3n) is 2.92. The summed E-state index contributed by atoms with van der Waals surface area (Å²) < 4.78 is 52.9. The minimum atomic E-state index is -4.41. The Balaban J connectivity index is -0.0000000750. The number of nitrogens with zero attached hydrogens (tertiary/aromatic N) is 2. The minimum absolute atomic E-state index is 0. The number of aliphatic hydroxyl groups excluding tert-OH is 2. The third kappa shape index (κ3) is 47.5. The Labute approximate surface area is 197 Å². The SMILES string of the molecule is CC(C)(CO)C[N+](C)(C)C.CC(C)(CO)C[N+](C)(C)C.COS(=O)(=O)[O-].O.O=S([O-])O[O-].[2HH]. The number of rotatable bonds is 8. The van der Waals surface area contributed by atoms with Crippen LogP contribution >= 0.6 is 0 Å². The number of quaternary nitrogens is 2. The van der Waals surface area contributed by atoms with Crippen LogP contribution in [-0.2, 0) is 30.3 Å². The molecular weight excluding hydrogens is 472 g/mol. The molecule has 13 nitrogen and oxygen atoms in total. The summed E-state index contributed by atoms with van der Waals surface area (Å²) in [5.74, 6) is 0. The lowest BCUT2D eigenvalue weighted by molar-refractivity contribution is -0.877. The van der Waals surface area contributed by atoms with E-state index in [1.165, 1.54) is 0 Å². The highest BCUT2D eigenvalue weighted by Crippen LogP contribution is 2.17. The van der Waals surface area contributed by atoms with Gasteiger partial charge in [-0.15, -0.1) is 0 Å². The first-order chi connectivity index (χ1) is 13.4. The van der Waals surface area contributed by atoms with Crippen LogP contribution in [0.3, 0.4) is 0 Å². The van der Waals surface area contributed by atoms with Crippen molar-refractivity contribution in [2.24, 2.45) is 10.8 Å². The molecule has 4 N–H and O–H groups in total. The van der Waals surface area contributed by atoms with Crippen molar-refractivity contribution in [2.45, 2.75) is 27.7 Å². The first-order valence-electron chi connectivity index (χ1n) is 9.10. The fraction of sp³-hybridized carbons (Fsp3) is 1.00. The molecule has 32 heavy (non-hydrogen) atoms. The van der Waals surface area contributed by atoms with Crippen molar-refractivity contribution in [3.05, 3.63) is 0 Å². The first-order valence-corrected chi connectivity index (χ1v) is 11.4. The molecule has 0 aliphatic heterocycles. The summed E-state index contributed by atoms with van der Waals surface area (Å²) in [7, 11) is 9.21. The molecule has 0 aromatic rings. The Morgan fingerprint density at radius 2 is 1.09 bits per heavy atom. The largest absolute Gasteiger partial charge is 0.750 e. The first kappa shape index (κ1) is 41.9. The summed E-state index contributed by atoms with van der Waals surface area (Å²) in [6.07, 6.45) is 0. The molecule has 204 valence electrons. The lowest BCUT2D eigenvalue weighted by Crippen LogP contribution is -2.44. The van der Waals surface area contributed by atoms with E-state index in [1.54, 1.807) is 0 Å². The van der Waals surface area contributed by atoms with Gasteiger partial charge in [-0.3, -0.25) is 4.18 Å². The Kier molecular flexibility index (Phi) is 23.7. The van der Waals surface area contributed by atoms with Gasteiger partial charge < -0.3 is 43.4 Å². The maximum Gasteiger partial charge on any atom is 0.217 e. The van der Waals surface area contributed by atoms with Crippen molar-refractivity contribution in [2.75, 3.05) is 75.7 Å². The fourth-order valence-electron chi connectivity index (χ4n) is 2.67. The van der Waals surface area contributed by atoms with Crippen molar-refractivity contribution in [1.82, 2.24) is 0 Å². The summed E-state index contributed by atoms with van der Waals surface area (Å²) in [6.45, 7) is 10.9. The van der Waals surface area contributed by atoms with E-state index < -0.39 is 21.8 Å². The Hall–Kier alpha value is -0.300. The van der Waals surface area contributed by atoms with E-state index in [4.69, 9.17) is 24.2 Å². The molecule has 15 heteroatoms. The Bertz CT molecular complexity index is 548. The maximum atomic E-state index is 9.22. The van der Waals surface area contributed by atoms with Gasteiger partial charge in [0.15, 0.2) is 0 Å². The molecule has 0 saturated heterocycles. The van der Waals surface area contributed by atoms with Gasteiger partial charge in [0.25, 0.3) is 0 Å². The van der Waals surface area contributed by atoms with Crippen LogP contribution in [0.15, 0.2) is 0 Å². The van der Waals surface area contributed by atoms with E-state index in [2.05, 4.69) is 78.5 Å². The molecule has 1 atom stereocenters. The predicted octanol–water partition coefficient (Wildman–Crippen LogP) is -1.99. The Morgan fingerprint density at radius 3 is 1.12 bits per heavy atom. The molecule has 0 aromatic carbocycles. The average Bonchev–Trinajstić information content (AvgIpc) is 2.51. The number of aliphatic hydroxyl groups is 2. The smallest absolute Gasteiger partial charge is 0.217 e. The van der Waals surface area contributed by atoms with E-state index in [9.17, 15) is 13.0 Å². The molecule has 0 radical (unpaired) electrons. The highest BCUT2D eigenvalue weighted by Gasteiger charge is 2.25. The molecule has 0 fully saturated rings. The average molecular weight is 521 g/mol. The summed E-state index contributed by atoms with van der Waals surface area (Å²) in [5.41, 5.74) is 0.108. The van der Waals surface area contributed by atoms with Crippen LogP contribution in [0.4, 0.5) is 0 Å². The van der Waals surface area contributed by atoms with Gasteiger partial charge in [0.1, 0.15) is 0 Å². The quantitative estimate of drug-likeness (QED) is 0.0897. The summed E-state index contributed by atoms with van der Waals surface area (Å²) in [4.78, 5) is 0. The number of hydrogen-bond donors (Lipinski definition) is 2. The zero-order valence-electron chi connectivity index (χ0n) is 21.2. The van der Waals surface area contributed by atoms with E-state index >= 15 is 0 Å². The number of hydrogen-bond acceptors (Lipinski definition) is 10. The topological polar surface area (TPSA) is 211 Å². The molecule has 0 saturated carbocycles. The standard InChI is InChI=1S/2C8H20NO.CH4O4S.H2O4S.H2O.H2/c2*1-8(2,7-10)6-9(3,4)5;1-5-6(2,3)4;1-4-5(2)3;;/h2*10H,6-7H2,1-5H3;1H3,(H,2,3,4);1H,(H,2,3);1H2;1H/q2*+1;;;;/p-3/i;;;;;1+1. The van der Waals surface area contributed by atoms with Crippen LogP contribution in [0.2, 0.25) is 0 Å². The lowest BCUT2D eigenvalue weighted by atomic mass is 9.94. The summed E-state index contributed by atoms with van der Waals surface area (Å²) in [5, 5.41) is 26.4. The van der Waals surface area contributed by atoms with E-state index in [0.717, 1.165) is 29.2 Å². The Morgan fingerprint density at radius 1 is 0.906 bits per heavy atom. The predicted molar refractivity (Wildman–Crippen MR) is 120 cm³/mol. The van der Waals surface area contributed by atoms with E-state index in [1.807, 2.05) is 0 Å².